The van der Waals surface area contributed by atoms with E-state index in [0.29, 0.717) is 0 Å². The number of hydrogen-bond acceptors (Lipinski definition) is 3. The molecule has 94 valence electrons. The molecule has 16 heavy (non-hydrogen) atoms. The summed E-state index contributed by atoms with van der Waals surface area (Å²) in [5.41, 5.74) is 2.84. The molecular weight excluding hydrogens is 200 g/mol. The van der Waals surface area contributed by atoms with Crippen molar-refractivity contribution in [3.05, 3.63) is 12.7 Å². The molecule has 1 rings (SSSR count). The largest absolute Gasteiger partial charge is 0.374 e. The molecule has 0 spiro atoms. The Kier molecular flexibility index (Phi) is 5.46. The number of nitrogens with one attached hydrogen (secondary N) is 1. The maximum absolute atomic E-state index is 6.03. The first-order chi connectivity index (χ1) is 7.68. The van der Waals surface area contributed by atoms with Gasteiger partial charge in [-0.1, -0.05) is 13.0 Å². The monoisotopic (exact) mass is 226 g/mol. The fourth-order valence-electron chi connectivity index (χ4n) is 2.73. The van der Waals surface area contributed by atoms with Crippen LogP contribution in [0.5, 0.6) is 0 Å². The average molecular weight is 226 g/mol. The summed E-state index contributed by atoms with van der Waals surface area (Å²) < 4.78 is 6.03. The second-order valence-corrected chi connectivity index (χ2v) is 4.92. The first kappa shape index (κ1) is 13.7. The number of hydrazine groups is 1. The van der Waals surface area contributed by atoms with Crippen molar-refractivity contribution in [2.75, 3.05) is 6.61 Å². The summed E-state index contributed by atoms with van der Waals surface area (Å²) in [6.07, 6.45) is 7.45. The minimum absolute atomic E-state index is 0.0792. The van der Waals surface area contributed by atoms with E-state index in [2.05, 4.69) is 25.9 Å². The minimum Gasteiger partial charge on any atom is -0.374 e. The van der Waals surface area contributed by atoms with Gasteiger partial charge in [-0.3, -0.25) is 11.3 Å². The highest BCUT2D eigenvalue weighted by Gasteiger charge is 2.40. The second-order valence-electron chi connectivity index (χ2n) is 4.92. The lowest BCUT2D eigenvalue weighted by atomic mass is 9.74. The first-order valence-electron chi connectivity index (χ1n) is 6.39. The van der Waals surface area contributed by atoms with Gasteiger partial charge in [-0.05, 0) is 44.9 Å². The summed E-state index contributed by atoms with van der Waals surface area (Å²) >= 11 is 0. The van der Waals surface area contributed by atoms with Gasteiger partial charge in [0.15, 0.2) is 0 Å². The molecule has 1 aliphatic carbocycles. The van der Waals surface area contributed by atoms with Crippen LogP contribution < -0.4 is 11.3 Å². The van der Waals surface area contributed by atoms with Crippen molar-refractivity contribution in [1.82, 2.24) is 5.43 Å². The SMILES string of the molecule is C=CCC(NN)C1(OCC)CCC(C)CC1. The number of ether oxygens (including phenoxy) is 1. The molecule has 0 radical (unpaired) electrons. The molecule has 0 bridgehead atoms. The van der Waals surface area contributed by atoms with Crippen LogP contribution in [-0.2, 0) is 4.74 Å². The van der Waals surface area contributed by atoms with E-state index in [1.807, 2.05) is 6.08 Å². The standard InChI is InChI=1S/C13H26N2O/c1-4-6-12(15-14)13(16-5-2)9-7-11(3)8-10-13/h4,11-12,15H,1,5-10,14H2,2-3H3. The van der Waals surface area contributed by atoms with Crippen LogP contribution in [0.15, 0.2) is 12.7 Å². The van der Waals surface area contributed by atoms with Crippen molar-refractivity contribution in [2.24, 2.45) is 11.8 Å². The van der Waals surface area contributed by atoms with Crippen molar-refractivity contribution in [3.63, 3.8) is 0 Å². The van der Waals surface area contributed by atoms with Gasteiger partial charge >= 0.3 is 0 Å². The molecule has 0 aromatic heterocycles. The van der Waals surface area contributed by atoms with Crippen LogP contribution in [0.4, 0.5) is 0 Å². The topological polar surface area (TPSA) is 47.3 Å². The quantitative estimate of drug-likeness (QED) is 0.415. The van der Waals surface area contributed by atoms with Gasteiger partial charge in [0.1, 0.15) is 0 Å². The molecule has 3 N–H and O–H groups in total. The van der Waals surface area contributed by atoms with Gasteiger partial charge in [0.05, 0.1) is 11.6 Å². The maximum atomic E-state index is 6.03. The summed E-state index contributed by atoms with van der Waals surface area (Å²) in [7, 11) is 0. The Morgan fingerprint density at radius 2 is 2.19 bits per heavy atom. The van der Waals surface area contributed by atoms with E-state index in [1.165, 1.54) is 12.8 Å². The second kappa shape index (κ2) is 6.38. The molecule has 1 saturated carbocycles. The molecule has 0 heterocycles. The Morgan fingerprint density at radius 3 is 2.62 bits per heavy atom. The molecule has 0 aromatic rings. The summed E-state index contributed by atoms with van der Waals surface area (Å²) in [5.74, 6) is 6.48. The molecule has 3 heteroatoms. The van der Waals surface area contributed by atoms with Crippen molar-refractivity contribution >= 4 is 0 Å². The van der Waals surface area contributed by atoms with Crippen molar-refractivity contribution in [3.8, 4) is 0 Å². The highest BCUT2D eigenvalue weighted by atomic mass is 16.5. The Bertz CT molecular complexity index is 210. The highest BCUT2D eigenvalue weighted by molar-refractivity contribution is 4.98. The van der Waals surface area contributed by atoms with Gasteiger partial charge < -0.3 is 4.74 Å². The van der Waals surface area contributed by atoms with Gasteiger partial charge in [-0.2, -0.15) is 0 Å². The van der Waals surface area contributed by atoms with Crippen molar-refractivity contribution < 1.29 is 4.74 Å². The van der Waals surface area contributed by atoms with E-state index < -0.39 is 0 Å². The van der Waals surface area contributed by atoms with Crippen LogP contribution >= 0.6 is 0 Å². The van der Waals surface area contributed by atoms with Crippen molar-refractivity contribution in [1.29, 1.82) is 0 Å². The Balaban J connectivity index is 2.73. The Labute approximate surface area is 99.4 Å². The molecule has 1 fully saturated rings. The van der Waals surface area contributed by atoms with Crippen LogP contribution in [0.25, 0.3) is 0 Å². The van der Waals surface area contributed by atoms with Crippen LogP contribution in [-0.4, -0.2) is 18.2 Å². The molecule has 0 amide bonds. The van der Waals surface area contributed by atoms with Crippen LogP contribution in [0.1, 0.15) is 46.0 Å². The maximum Gasteiger partial charge on any atom is 0.0851 e. The smallest absolute Gasteiger partial charge is 0.0851 e. The fraction of sp³-hybridized carbons (Fsp3) is 0.846. The summed E-state index contributed by atoms with van der Waals surface area (Å²) in [6.45, 7) is 8.92. The van der Waals surface area contributed by atoms with Crippen LogP contribution in [0.2, 0.25) is 0 Å². The third kappa shape index (κ3) is 3.06. The van der Waals surface area contributed by atoms with Gasteiger partial charge in [0.25, 0.3) is 0 Å². The first-order valence-corrected chi connectivity index (χ1v) is 6.39. The summed E-state index contributed by atoms with van der Waals surface area (Å²) in [6, 6.07) is 0.192. The van der Waals surface area contributed by atoms with Gasteiger partial charge in [-0.25, -0.2) is 0 Å². The molecular formula is C13H26N2O. The fourth-order valence-corrected chi connectivity index (χ4v) is 2.73. The van der Waals surface area contributed by atoms with Crippen molar-refractivity contribution in [2.45, 2.75) is 57.6 Å². The molecule has 3 nitrogen and oxygen atoms in total. The van der Waals surface area contributed by atoms with E-state index in [0.717, 1.165) is 31.8 Å². The normalized spacial score (nSPS) is 32.3. The van der Waals surface area contributed by atoms with E-state index in [4.69, 9.17) is 10.6 Å². The molecule has 0 saturated heterocycles. The van der Waals surface area contributed by atoms with Gasteiger partial charge in [0.2, 0.25) is 0 Å². The van der Waals surface area contributed by atoms with E-state index in [1.54, 1.807) is 0 Å². The highest BCUT2D eigenvalue weighted by Crippen LogP contribution is 2.38. The predicted molar refractivity (Wildman–Crippen MR) is 67.9 cm³/mol. The number of hydrogen-bond donors (Lipinski definition) is 2. The molecule has 0 aliphatic heterocycles. The lowest BCUT2D eigenvalue weighted by Gasteiger charge is -2.44. The summed E-state index contributed by atoms with van der Waals surface area (Å²) in [5, 5.41) is 0. The minimum atomic E-state index is -0.0792. The lowest BCUT2D eigenvalue weighted by molar-refractivity contribution is -0.0956. The Hall–Kier alpha value is -0.380. The Morgan fingerprint density at radius 1 is 1.56 bits per heavy atom. The van der Waals surface area contributed by atoms with Gasteiger partial charge in [-0.15, -0.1) is 6.58 Å². The van der Waals surface area contributed by atoms with E-state index in [9.17, 15) is 0 Å². The lowest BCUT2D eigenvalue weighted by Crippen LogP contribution is -2.56. The third-order valence-corrected chi connectivity index (χ3v) is 3.79. The molecule has 1 aliphatic rings. The molecule has 1 atom stereocenters. The van der Waals surface area contributed by atoms with E-state index in [-0.39, 0.29) is 11.6 Å². The number of rotatable bonds is 6. The van der Waals surface area contributed by atoms with Crippen LogP contribution in [0.3, 0.4) is 0 Å². The average Bonchev–Trinajstić information content (AvgIpc) is 2.30. The zero-order chi connectivity index (χ0) is 12.0. The van der Waals surface area contributed by atoms with E-state index >= 15 is 0 Å². The zero-order valence-electron chi connectivity index (χ0n) is 10.7. The molecule has 1 unspecified atom stereocenters. The number of nitrogens with two attached hydrogens (primary N) is 1. The molecule has 0 aromatic carbocycles. The third-order valence-electron chi connectivity index (χ3n) is 3.79. The predicted octanol–water partition coefficient (Wildman–Crippen LogP) is 2.38. The van der Waals surface area contributed by atoms with Crippen LogP contribution in [0, 0.1) is 5.92 Å². The summed E-state index contributed by atoms with van der Waals surface area (Å²) in [4.78, 5) is 0. The van der Waals surface area contributed by atoms with Gasteiger partial charge in [0, 0.05) is 6.61 Å². The zero-order valence-corrected chi connectivity index (χ0v) is 10.7.